The van der Waals surface area contributed by atoms with Gasteiger partial charge in [0.25, 0.3) is 0 Å². The van der Waals surface area contributed by atoms with E-state index in [4.69, 9.17) is 10.00 Å². The molecule has 0 saturated heterocycles. The number of rotatable bonds is 6. The molecule has 1 aliphatic rings. The second-order valence-electron chi connectivity index (χ2n) is 4.64. The number of nitrogens with zero attached hydrogens (tertiary/aromatic N) is 1. The second kappa shape index (κ2) is 7.65. The number of nitrogens with one attached hydrogen (secondary N) is 1. The van der Waals surface area contributed by atoms with Crippen LogP contribution in [0, 0.1) is 17.2 Å². The van der Waals surface area contributed by atoms with Crippen molar-refractivity contribution >= 4 is 0 Å². The first-order valence-corrected chi connectivity index (χ1v) is 6.54. The molecule has 3 heteroatoms. The lowest BCUT2D eigenvalue weighted by molar-refractivity contribution is 0.00766. The molecule has 0 aromatic rings. The van der Waals surface area contributed by atoms with Gasteiger partial charge in [-0.05, 0) is 25.3 Å². The zero-order valence-corrected chi connectivity index (χ0v) is 10.5. The Kier molecular flexibility index (Phi) is 6.44. The molecule has 1 aliphatic carbocycles. The third-order valence-corrected chi connectivity index (χ3v) is 3.42. The van der Waals surface area contributed by atoms with Crippen LogP contribution in [-0.2, 0) is 4.74 Å². The van der Waals surface area contributed by atoms with Gasteiger partial charge in [0.05, 0.1) is 18.8 Å². The lowest BCUT2D eigenvalue weighted by atomic mass is 9.85. The fourth-order valence-corrected chi connectivity index (χ4v) is 2.38. The van der Waals surface area contributed by atoms with Crippen molar-refractivity contribution in [3.8, 4) is 6.07 Å². The zero-order valence-electron chi connectivity index (χ0n) is 10.5. The van der Waals surface area contributed by atoms with Gasteiger partial charge in [-0.15, -0.1) is 0 Å². The van der Waals surface area contributed by atoms with Gasteiger partial charge in [0.1, 0.15) is 6.04 Å². The van der Waals surface area contributed by atoms with Crippen molar-refractivity contribution in [2.45, 2.75) is 58.1 Å². The molecule has 0 aromatic heterocycles. The molecule has 16 heavy (non-hydrogen) atoms. The highest BCUT2D eigenvalue weighted by Crippen LogP contribution is 2.28. The van der Waals surface area contributed by atoms with Crippen molar-refractivity contribution < 1.29 is 4.74 Å². The van der Waals surface area contributed by atoms with Crippen LogP contribution in [0.4, 0.5) is 0 Å². The van der Waals surface area contributed by atoms with Crippen molar-refractivity contribution in [2.24, 2.45) is 5.92 Å². The van der Waals surface area contributed by atoms with E-state index in [1.807, 2.05) is 6.92 Å². The van der Waals surface area contributed by atoms with Gasteiger partial charge < -0.3 is 10.1 Å². The summed E-state index contributed by atoms with van der Waals surface area (Å²) in [5.41, 5.74) is 0. The summed E-state index contributed by atoms with van der Waals surface area (Å²) in [5, 5.41) is 12.0. The maximum absolute atomic E-state index is 8.89. The number of hydrogen-bond acceptors (Lipinski definition) is 3. The SMILES string of the molecule is CCNC(C#N)COC1CCCC(CC)C1. The predicted octanol–water partition coefficient (Wildman–Crippen LogP) is 2.47. The van der Waals surface area contributed by atoms with Crippen molar-refractivity contribution in [3.05, 3.63) is 0 Å². The lowest BCUT2D eigenvalue weighted by Crippen LogP contribution is -2.34. The minimum Gasteiger partial charge on any atom is -0.375 e. The Morgan fingerprint density at radius 1 is 1.44 bits per heavy atom. The minimum atomic E-state index is -0.146. The Bertz CT molecular complexity index is 224. The van der Waals surface area contributed by atoms with Crippen LogP contribution in [0.3, 0.4) is 0 Å². The van der Waals surface area contributed by atoms with Crippen LogP contribution < -0.4 is 5.32 Å². The van der Waals surface area contributed by atoms with E-state index < -0.39 is 0 Å². The Labute approximate surface area is 99.2 Å². The molecule has 3 atom stereocenters. The molecule has 1 rings (SSSR count). The normalized spacial score (nSPS) is 27.3. The molecule has 1 fully saturated rings. The largest absolute Gasteiger partial charge is 0.375 e. The van der Waals surface area contributed by atoms with Crippen LogP contribution in [0.25, 0.3) is 0 Å². The summed E-state index contributed by atoms with van der Waals surface area (Å²) in [6, 6.07) is 2.09. The minimum absolute atomic E-state index is 0.146. The molecule has 0 bridgehead atoms. The van der Waals surface area contributed by atoms with Gasteiger partial charge >= 0.3 is 0 Å². The Morgan fingerprint density at radius 2 is 2.25 bits per heavy atom. The van der Waals surface area contributed by atoms with E-state index in [1.165, 1.54) is 32.1 Å². The van der Waals surface area contributed by atoms with E-state index in [0.717, 1.165) is 12.5 Å². The average Bonchev–Trinajstić information content (AvgIpc) is 2.34. The molecule has 3 unspecified atom stereocenters. The number of likely N-dealkylation sites (N-methyl/N-ethyl adjacent to an activating group) is 1. The Morgan fingerprint density at radius 3 is 2.88 bits per heavy atom. The van der Waals surface area contributed by atoms with Gasteiger partial charge in [-0.3, -0.25) is 0 Å². The summed E-state index contributed by atoms with van der Waals surface area (Å²) in [4.78, 5) is 0. The van der Waals surface area contributed by atoms with Gasteiger partial charge in [-0.1, -0.05) is 33.1 Å². The topological polar surface area (TPSA) is 45.0 Å². The van der Waals surface area contributed by atoms with Crippen LogP contribution in [-0.4, -0.2) is 25.3 Å². The van der Waals surface area contributed by atoms with Crippen LogP contribution in [0.1, 0.15) is 46.0 Å². The number of hydrogen-bond donors (Lipinski definition) is 1. The van der Waals surface area contributed by atoms with Crippen molar-refractivity contribution in [2.75, 3.05) is 13.2 Å². The molecule has 0 amide bonds. The fraction of sp³-hybridized carbons (Fsp3) is 0.923. The van der Waals surface area contributed by atoms with E-state index >= 15 is 0 Å². The van der Waals surface area contributed by atoms with E-state index in [2.05, 4.69) is 18.3 Å². The summed E-state index contributed by atoms with van der Waals surface area (Å²) in [7, 11) is 0. The molecule has 0 heterocycles. The van der Waals surface area contributed by atoms with Crippen molar-refractivity contribution in [3.63, 3.8) is 0 Å². The summed E-state index contributed by atoms with van der Waals surface area (Å²) in [6.45, 7) is 5.62. The molecule has 0 radical (unpaired) electrons. The fourth-order valence-electron chi connectivity index (χ4n) is 2.38. The molecule has 0 spiro atoms. The Balaban J connectivity index is 2.23. The number of nitriles is 1. The average molecular weight is 224 g/mol. The monoisotopic (exact) mass is 224 g/mol. The molecule has 0 aliphatic heterocycles. The van der Waals surface area contributed by atoms with Crippen LogP contribution in [0.15, 0.2) is 0 Å². The lowest BCUT2D eigenvalue weighted by Gasteiger charge is -2.29. The summed E-state index contributed by atoms with van der Waals surface area (Å²) in [6.07, 6.45) is 6.62. The van der Waals surface area contributed by atoms with Gasteiger partial charge in [0.2, 0.25) is 0 Å². The first-order chi connectivity index (χ1) is 7.80. The van der Waals surface area contributed by atoms with Crippen LogP contribution in [0.5, 0.6) is 0 Å². The first-order valence-electron chi connectivity index (χ1n) is 6.54. The Hall–Kier alpha value is -0.590. The zero-order chi connectivity index (χ0) is 11.8. The highest BCUT2D eigenvalue weighted by molar-refractivity contribution is 4.89. The van der Waals surface area contributed by atoms with E-state index in [9.17, 15) is 0 Å². The maximum Gasteiger partial charge on any atom is 0.119 e. The molecule has 3 nitrogen and oxygen atoms in total. The van der Waals surface area contributed by atoms with E-state index in [-0.39, 0.29) is 6.04 Å². The van der Waals surface area contributed by atoms with Gasteiger partial charge in [0.15, 0.2) is 0 Å². The first kappa shape index (κ1) is 13.5. The van der Waals surface area contributed by atoms with Crippen LogP contribution >= 0.6 is 0 Å². The maximum atomic E-state index is 8.89. The molecule has 1 N–H and O–H groups in total. The third kappa shape index (κ3) is 4.51. The summed E-state index contributed by atoms with van der Waals surface area (Å²) < 4.78 is 5.84. The van der Waals surface area contributed by atoms with E-state index in [0.29, 0.717) is 12.7 Å². The van der Waals surface area contributed by atoms with Gasteiger partial charge in [0, 0.05) is 0 Å². The standard InChI is InChI=1S/C13H24N2O/c1-3-11-6-5-7-13(8-11)16-10-12(9-14)15-4-2/h11-13,15H,3-8,10H2,1-2H3. The third-order valence-electron chi connectivity index (χ3n) is 3.42. The highest BCUT2D eigenvalue weighted by Gasteiger charge is 2.22. The number of ether oxygens (including phenoxy) is 1. The van der Waals surface area contributed by atoms with E-state index in [1.54, 1.807) is 0 Å². The quantitative estimate of drug-likeness (QED) is 0.754. The predicted molar refractivity (Wildman–Crippen MR) is 65.1 cm³/mol. The van der Waals surface area contributed by atoms with Crippen LogP contribution in [0.2, 0.25) is 0 Å². The van der Waals surface area contributed by atoms with Crippen molar-refractivity contribution in [1.82, 2.24) is 5.32 Å². The second-order valence-corrected chi connectivity index (χ2v) is 4.64. The molecule has 92 valence electrons. The van der Waals surface area contributed by atoms with Gasteiger partial charge in [-0.2, -0.15) is 5.26 Å². The highest BCUT2D eigenvalue weighted by atomic mass is 16.5. The molecule has 0 aromatic carbocycles. The summed E-state index contributed by atoms with van der Waals surface area (Å²) in [5.74, 6) is 0.832. The van der Waals surface area contributed by atoms with Gasteiger partial charge in [-0.25, -0.2) is 0 Å². The molecular weight excluding hydrogens is 200 g/mol. The summed E-state index contributed by atoms with van der Waals surface area (Å²) >= 11 is 0. The smallest absolute Gasteiger partial charge is 0.119 e. The molecule has 1 saturated carbocycles. The van der Waals surface area contributed by atoms with Crippen molar-refractivity contribution in [1.29, 1.82) is 5.26 Å². The molecular formula is C13H24N2O.